The molecule has 0 aliphatic rings. The van der Waals surface area contributed by atoms with Crippen LogP contribution in [0.3, 0.4) is 0 Å². The van der Waals surface area contributed by atoms with Gasteiger partial charge in [0, 0.05) is 12.2 Å². The number of rotatable bonds is 8. The van der Waals surface area contributed by atoms with Crippen LogP contribution in [-0.2, 0) is 4.74 Å². The van der Waals surface area contributed by atoms with Gasteiger partial charge in [-0.15, -0.1) is 0 Å². The Kier molecular flexibility index (Phi) is 6.56. The number of nitrogens with one attached hydrogen (secondary N) is 1. The standard InChI is InChI=1S/C16H25F2NO/c1-5-11-19-15(16(4,6-2)20-7-3)12-9-8-10-13(17)14(12)18/h8-10,15,19H,5-7,11H2,1-4H3. The lowest BCUT2D eigenvalue weighted by molar-refractivity contribution is -0.0571. The topological polar surface area (TPSA) is 21.3 Å². The highest BCUT2D eigenvalue weighted by molar-refractivity contribution is 5.25. The van der Waals surface area contributed by atoms with E-state index in [1.807, 2.05) is 27.7 Å². The third kappa shape index (κ3) is 3.76. The van der Waals surface area contributed by atoms with Crippen LogP contribution in [0, 0.1) is 11.6 Å². The lowest BCUT2D eigenvalue weighted by atomic mass is 9.87. The summed E-state index contributed by atoms with van der Waals surface area (Å²) in [5.41, 5.74) is -0.241. The van der Waals surface area contributed by atoms with Crippen LogP contribution in [-0.4, -0.2) is 18.8 Å². The summed E-state index contributed by atoms with van der Waals surface area (Å²) in [6.07, 6.45) is 1.62. The predicted octanol–water partition coefficient (Wildman–Crippen LogP) is 4.21. The highest BCUT2D eigenvalue weighted by atomic mass is 19.2. The van der Waals surface area contributed by atoms with Crippen molar-refractivity contribution in [2.75, 3.05) is 13.2 Å². The van der Waals surface area contributed by atoms with E-state index < -0.39 is 17.2 Å². The summed E-state index contributed by atoms with van der Waals surface area (Å²) < 4.78 is 33.4. The molecule has 0 aliphatic carbocycles. The summed E-state index contributed by atoms with van der Waals surface area (Å²) >= 11 is 0. The first-order valence-corrected chi connectivity index (χ1v) is 7.31. The lowest BCUT2D eigenvalue weighted by Crippen LogP contribution is -2.44. The second-order valence-electron chi connectivity index (χ2n) is 5.13. The summed E-state index contributed by atoms with van der Waals surface area (Å²) in [6, 6.07) is 3.93. The number of halogens is 2. The van der Waals surface area contributed by atoms with Gasteiger partial charge in [0.05, 0.1) is 11.6 Å². The highest BCUT2D eigenvalue weighted by Crippen LogP contribution is 2.34. The summed E-state index contributed by atoms with van der Waals surface area (Å²) in [7, 11) is 0. The Morgan fingerprint density at radius 2 is 1.95 bits per heavy atom. The zero-order valence-corrected chi connectivity index (χ0v) is 12.8. The van der Waals surface area contributed by atoms with E-state index in [9.17, 15) is 8.78 Å². The average molecular weight is 285 g/mol. The van der Waals surface area contributed by atoms with Gasteiger partial charge < -0.3 is 10.1 Å². The third-order valence-corrected chi connectivity index (χ3v) is 3.68. The first-order chi connectivity index (χ1) is 9.50. The van der Waals surface area contributed by atoms with Gasteiger partial charge in [-0.2, -0.15) is 0 Å². The molecule has 0 aliphatic heterocycles. The largest absolute Gasteiger partial charge is 0.374 e. The van der Waals surface area contributed by atoms with Crippen LogP contribution in [0.15, 0.2) is 18.2 Å². The predicted molar refractivity (Wildman–Crippen MR) is 77.7 cm³/mol. The number of benzene rings is 1. The van der Waals surface area contributed by atoms with Crippen molar-refractivity contribution < 1.29 is 13.5 Å². The van der Waals surface area contributed by atoms with E-state index in [1.165, 1.54) is 6.07 Å². The van der Waals surface area contributed by atoms with Gasteiger partial charge in [-0.05, 0) is 39.3 Å². The zero-order valence-electron chi connectivity index (χ0n) is 12.8. The molecule has 2 unspecified atom stereocenters. The van der Waals surface area contributed by atoms with Crippen molar-refractivity contribution in [3.63, 3.8) is 0 Å². The van der Waals surface area contributed by atoms with Gasteiger partial charge in [0.2, 0.25) is 0 Å². The van der Waals surface area contributed by atoms with Gasteiger partial charge in [0.1, 0.15) is 0 Å². The Hall–Kier alpha value is -1.00. The number of ether oxygens (including phenoxy) is 1. The molecule has 0 amide bonds. The Morgan fingerprint density at radius 1 is 1.25 bits per heavy atom. The Bertz CT molecular complexity index is 425. The summed E-state index contributed by atoms with van der Waals surface area (Å²) in [5, 5.41) is 3.30. The third-order valence-electron chi connectivity index (χ3n) is 3.68. The maximum atomic E-state index is 14.1. The molecule has 1 N–H and O–H groups in total. The molecule has 0 heterocycles. The molecule has 0 aromatic heterocycles. The van der Waals surface area contributed by atoms with E-state index in [0.29, 0.717) is 18.6 Å². The molecule has 2 atom stereocenters. The van der Waals surface area contributed by atoms with Gasteiger partial charge in [-0.25, -0.2) is 8.78 Å². The van der Waals surface area contributed by atoms with Gasteiger partial charge in [0.25, 0.3) is 0 Å². The van der Waals surface area contributed by atoms with Crippen molar-refractivity contribution in [1.29, 1.82) is 0 Å². The van der Waals surface area contributed by atoms with Gasteiger partial charge >= 0.3 is 0 Å². The molecule has 114 valence electrons. The normalized spacial score (nSPS) is 15.9. The van der Waals surface area contributed by atoms with Crippen LogP contribution in [0.5, 0.6) is 0 Å². The first kappa shape index (κ1) is 17.1. The first-order valence-electron chi connectivity index (χ1n) is 7.31. The molecule has 0 spiro atoms. The fraction of sp³-hybridized carbons (Fsp3) is 0.625. The molecular weight excluding hydrogens is 260 g/mol. The Balaban J connectivity index is 3.20. The summed E-state index contributed by atoms with van der Waals surface area (Å²) in [5.74, 6) is -1.61. The van der Waals surface area contributed by atoms with E-state index in [2.05, 4.69) is 5.32 Å². The Labute approximate surface area is 120 Å². The fourth-order valence-electron chi connectivity index (χ4n) is 2.41. The minimum absolute atomic E-state index is 0.330. The van der Waals surface area contributed by atoms with Crippen molar-refractivity contribution in [3.05, 3.63) is 35.4 Å². The van der Waals surface area contributed by atoms with E-state index in [-0.39, 0.29) is 6.04 Å². The van der Waals surface area contributed by atoms with Gasteiger partial charge in [-0.3, -0.25) is 0 Å². The fourth-order valence-corrected chi connectivity index (χ4v) is 2.41. The quantitative estimate of drug-likeness (QED) is 0.772. The minimum atomic E-state index is -0.819. The molecule has 1 aromatic rings. The average Bonchev–Trinajstić information content (AvgIpc) is 2.44. The van der Waals surface area contributed by atoms with Crippen LogP contribution in [0.25, 0.3) is 0 Å². The van der Waals surface area contributed by atoms with Crippen LogP contribution in [0.4, 0.5) is 8.78 Å². The lowest BCUT2D eigenvalue weighted by Gasteiger charge is -2.38. The van der Waals surface area contributed by atoms with Crippen molar-refractivity contribution in [1.82, 2.24) is 5.32 Å². The molecule has 0 radical (unpaired) electrons. The Morgan fingerprint density at radius 3 is 2.50 bits per heavy atom. The van der Waals surface area contributed by atoms with Crippen LogP contribution in [0.1, 0.15) is 52.1 Å². The van der Waals surface area contributed by atoms with Crippen LogP contribution >= 0.6 is 0 Å². The van der Waals surface area contributed by atoms with Gasteiger partial charge in [-0.1, -0.05) is 26.0 Å². The molecule has 20 heavy (non-hydrogen) atoms. The molecule has 0 fully saturated rings. The van der Waals surface area contributed by atoms with E-state index in [0.717, 1.165) is 19.0 Å². The maximum absolute atomic E-state index is 14.1. The highest BCUT2D eigenvalue weighted by Gasteiger charge is 2.36. The molecule has 0 saturated heterocycles. The van der Waals surface area contributed by atoms with E-state index >= 15 is 0 Å². The van der Waals surface area contributed by atoms with Crippen molar-refractivity contribution >= 4 is 0 Å². The molecule has 0 saturated carbocycles. The second kappa shape index (κ2) is 7.70. The SMILES string of the molecule is CCCNC(c1cccc(F)c1F)C(C)(CC)OCC. The van der Waals surface area contributed by atoms with Crippen LogP contribution in [0.2, 0.25) is 0 Å². The molecule has 1 aromatic carbocycles. The minimum Gasteiger partial charge on any atom is -0.374 e. The molecule has 4 heteroatoms. The zero-order chi connectivity index (χ0) is 15.2. The second-order valence-corrected chi connectivity index (χ2v) is 5.13. The van der Waals surface area contributed by atoms with Crippen molar-refractivity contribution in [3.8, 4) is 0 Å². The van der Waals surface area contributed by atoms with E-state index in [4.69, 9.17) is 4.74 Å². The molecule has 2 nitrogen and oxygen atoms in total. The summed E-state index contributed by atoms with van der Waals surface area (Å²) in [6.45, 7) is 9.14. The molecule has 0 bridgehead atoms. The monoisotopic (exact) mass is 285 g/mol. The van der Waals surface area contributed by atoms with E-state index in [1.54, 1.807) is 6.07 Å². The smallest absolute Gasteiger partial charge is 0.163 e. The molecule has 1 rings (SSSR count). The number of hydrogen-bond acceptors (Lipinski definition) is 2. The summed E-state index contributed by atoms with van der Waals surface area (Å²) in [4.78, 5) is 0. The maximum Gasteiger partial charge on any atom is 0.163 e. The van der Waals surface area contributed by atoms with Crippen LogP contribution < -0.4 is 5.32 Å². The van der Waals surface area contributed by atoms with Crippen molar-refractivity contribution in [2.45, 2.75) is 52.2 Å². The molecular formula is C16H25F2NO. The van der Waals surface area contributed by atoms with Gasteiger partial charge in [0.15, 0.2) is 11.6 Å². The van der Waals surface area contributed by atoms with Crippen molar-refractivity contribution in [2.24, 2.45) is 0 Å². The number of hydrogen-bond donors (Lipinski definition) is 1.